The highest BCUT2D eigenvalue weighted by molar-refractivity contribution is 5.69. The summed E-state index contributed by atoms with van der Waals surface area (Å²) in [6.07, 6.45) is 3.48. The second-order valence-corrected chi connectivity index (χ2v) is 4.63. The third-order valence-electron chi connectivity index (χ3n) is 3.00. The second kappa shape index (κ2) is 10.3. The van der Waals surface area contributed by atoms with E-state index in [-0.39, 0.29) is 5.97 Å². The van der Waals surface area contributed by atoms with Gasteiger partial charge in [0.1, 0.15) is 0 Å². The van der Waals surface area contributed by atoms with Crippen molar-refractivity contribution in [3.8, 4) is 0 Å². The Bertz CT molecular complexity index is 393. The van der Waals surface area contributed by atoms with Crippen LogP contribution in [0.3, 0.4) is 0 Å². The van der Waals surface area contributed by atoms with Crippen LogP contribution >= 0.6 is 0 Å². The van der Waals surface area contributed by atoms with Crippen LogP contribution in [-0.2, 0) is 20.9 Å². The van der Waals surface area contributed by atoms with E-state index in [1.165, 1.54) is 5.56 Å². The van der Waals surface area contributed by atoms with Gasteiger partial charge in [0, 0.05) is 31.3 Å². The van der Waals surface area contributed by atoms with Gasteiger partial charge in [0.2, 0.25) is 0 Å². The summed E-state index contributed by atoms with van der Waals surface area (Å²) >= 11 is 0. The third kappa shape index (κ3) is 6.57. The summed E-state index contributed by atoms with van der Waals surface area (Å²) < 4.78 is 10.1. The number of hydrogen-bond donors (Lipinski definition) is 1. The zero-order valence-electron chi connectivity index (χ0n) is 12.5. The van der Waals surface area contributed by atoms with Crippen LogP contribution in [0.4, 0.5) is 5.69 Å². The van der Waals surface area contributed by atoms with Crippen molar-refractivity contribution in [2.24, 2.45) is 0 Å². The van der Waals surface area contributed by atoms with E-state index < -0.39 is 0 Å². The number of hydrogen-bond acceptors (Lipinski definition) is 4. The van der Waals surface area contributed by atoms with Crippen LogP contribution in [0, 0.1) is 0 Å². The van der Waals surface area contributed by atoms with Gasteiger partial charge < -0.3 is 14.8 Å². The Labute approximate surface area is 121 Å². The van der Waals surface area contributed by atoms with Crippen LogP contribution in [0.15, 0.2) is 24.3 Å². The topological polar surface area (TPSA) is 47.6 Å². The fourth-order valence-corrected chi connectivity index (χ4v) is 2.00. The van der Waals surface area contributed by atoms with E-state index in [0.717, 1.165) is 31.5 Å². The van der Waals surface area contributed by atoms with E-state index >= 15 is 0 Å². The molecule has 0 fully saturated rings. The van der Waals surface area contributed by atoms with Crippen molar-refractivity contribution in [2.45, 2.75) is 39.2 Å². The number of benzene rings is 1. The molecule has 0 aliphatic heterocycles. The first-order valence-electron chi connectivity index (χ1n) is 7.24. The van der Waals surface area contributed by atoms with E-state index in [0.29, 0.717) is 19.6 Å². The fraction of sp³-hybridized carbons (Fsp3) is 0.562. The monoisotopic (exact) mass is 279 g/mol. The summed E-state index contributed by atoms with van der Waals surface area (Å²) in [6, 6.07) is 8.15. The van der Waals surface area contributed by atoms with Crippen molar-refractivity contribution in [1.82, 2.24) is 0 Å². The Hall–Kier alpha value is -1.55. The van der Waals surface area contributed by atoms with Gasteiger partial charge in [-0.05, 0) is 25.8 Å². The molecule has 0 saturated carbocycles. The zero-order valence-corrected chi connectivity index (χ0v) is 12.5. The number of unbranched alkanes of at least 4 members (excludes halogenated alkanes) is 2. The molecule has 0 saturated heterocycles. The smallest absolute Gasteiger partial charge is 0.305 e. The normalized spacial score (nSPS) is 10.3. The van der Waals surface area contributed by atoms with Crippen LogP contribution in [0.25, 0.3) is 0 Å². The number of rotatable bonds is 10. The van der Waals surface area contributed by atoms with Crippen molar-refractivity contribution in [1.29, 1.82) is 0 Å². The van der Waals surface area contributed by atoms with Crippen molar-refractivity contribution >= 4 is 11.7 Å². The molecule has 0 radical (unpaired) electrons. The maximum Gasteiger partial charge on any atom is 0.305 e. The number of nitrogens with one attached hydrogen (secondary N) is 1. The van der Waals surface area contributed by atoms with Gasteiger partial charge in [-0.2, -0.15) is 0 Å². The summed E-state index contributed by atoms with van der Waals surface area (Å²) in [6.45, 7) is 3.82. The van der Waals surface area contributed by atoms with Gasteiger partial charge in [-0.25, -0.2) is 0 Å². The Balaban J connectivity index is 2.16. The van der Waals surface area contributed by atoms with E-state index in [4.69, 9.17) is 9.47 Å². The molecule has 0 heterocycles. The molecule has 4 heteroatoms. The maximum absolute atomic E-state index is 11.2. The van der Waals surface area contributed by atoms with E-state index in [1.807, 2.05) is 19.1 Å². The largest absolute Gasteiger partial charge is 0.466 e. The lowest BCUT2D eigenvalue weighted by Crippen LogP contribution is -2.06. The number of carbonyl (C=O) groups is 1. The van der Waals surface area contributed by atoms with Crippen molar-refractivity contribution in [3.05, 3.63) is 29.8 Å². The van der Waals surface area contributed by atoms with Gasteiger partial charge in [-0.15, -0.1) is 0 Å². The first-order valence-corrected chi connectivity index (χ1v) is 7.24. The van der Waals surface area contributed by atoms with Crippen LogP contribution in [-0.4, -0.2) is 26.2 Å². The molecule has 0 aromatic heterocycles. The number of esters is 1. The fourth-order valence-electron chi connectivity index (χ4n) is 2.00. The lowest BCUT2D eigenvalue weighted by atomic mass is 10.1. The van der Waals surface area contributed by atoms with E-state index in [9.17, 15) is 4.79 Å². The molecule has 0 atom stereocenters. The summed E-state index contributed by atoms with van der Waals surface area (Å²) in [5, 5.41) is 3.42. The van der Waals surface area contributed by atoms with Crippen LogP contribution < -0.4 is 5.32 Å². The first-order chi connectivity index (χ1) is 9.77. The summed E-state index contributed by atoms with van der Waals surface area (Å²) in [5.74, 6) is -0.0918. The van der Waals surface area contributed by atoms with Crippen LogP contribution in [0.5, 0.6) is 0 Å². The molecule has 0 aliphatic rings. The van der Waals surface area contributed by atoms with Crippen LogP contribution in [0.2, 0.25) is 0 Å². The molecule has 1 aromatic rings. The molecule has 1 rings (SSSR count). The van der Waals surface area contributed by atoms with Gasteiger partial charge in [-0.1, -0.05) is 24.6 Å². The number of carbonyl (C=O) groups excluding carboxylic acids is 1. The molecule has 4 nitrogen and oxygen atoms in total. The highest BCUT2D eigenvalue weighted by Gasteiger charge is 2.02. The lowest BCUT2D eigenvalue weighted by Gasteiger charge is -2.11. The molecular formula is C16H25NO3. The predicted molar refractivity (Wildman–Crippen MR) is 80.7 cm³/mol. The Morgan fingerprint density at radius 3 is 2.75 bits per heavy atom. The third-order valence-corrected chi connectivity index (χ3v) is 3.00. The minimum absolute atomic E-state index is 0.0918. The summed E-state index contributed by atoms with van der Waals surface area (Å²) in [4.78, 5) is 11.2. The molecule has 0 spiro atoms. The zero-order chi connectivity index (χ0) is 14.6. The SMILES string of the molecule is CCOC(=O)CCCCCNc1ccccc1COC. The molecule has 1 aromatic carbocycles. The predicted octanol–water partition coefficient (Wildman–Crippen LogP) is 3.37. The Morgan fingerprint density at radius 2 is 2.00 bits per heavy atom. The molecule has 0 aliphatic carbocycles. The van der Waals surface area contributed by atoms with Crippen molar-refractivity contribution < 1.29 is 14.3 Å². The second-order valence-electron chi connectivity index (χ2n) is 4.63. The molecule has 0 bridgehead atoms. The quantitative estimate of drug-likeness (QED) is 0.527. The molecule has 20 heavy (non-hydrogen) atoms. The van der Waals surface area contributed by atoms with Crippen LogP contribution in [0.1, 0.15) is 38.2 Å². The van der Waals surface area contributed by atoms with Gasteiger partial charge in [0.05, 0.1) is 13.2 Å². The standard InChI is InChI=1S/C16H25NO3/c1-3-20-16(18)11-5-4-8-12-17-15-10-7-6-9-14(15)13-19-2/h6-7,9-10,17H,3-5,8,11-13H2,1-2H3. The minimum atomic E-state index is -0.0918. The molecular weight excluding hydrogens is 254 g/mol. The minimum Gasteiger partial charge on any atom is -0.466 e. The molecule has 0 unspecified atom stereocenters. The Morgan fingerprint density at radius 1 is 1.20 bits per heavy atom. The highest BCUT2D eigenvalue weighted by Crippen LogP contribution is 2.16. The highest BCUT2D eigenvalue weighted by atomic mass is 16.5. The van der Waals surface area contributed by atoms with Gasteiger partial charge >= 0.3 is 5.97 Å². The first kappa shape index (κ1) is 16.5. The maximum atomic E-state index is 11.2. The van der Waals surface area contributed by atoms with E-state index in [1.54, 1.807) is 7.11 Å². The Kier molecular flexibility index (Phi) is 8.47. The summed E-state index contributed by atoms with van der Waals surface area (Å²) in [5.41, 5.74) is 2.29. The number of para-hydroxylation sites is 1. The van der Waals surface area contributed by atoms with Gasteiger partial charge in [0.15, 0.2) is 0 Å². The molecule has 112 valence electrons. The average Bonchev–Trinajstić information content (AvgIpc) is 2.45. The summed E-state index contributed by atoms with van der Waals surface area (Å²) in [7, 11) is 1.70. The number of ether oxygens (including phenoxy) is 2. The van der Waals surface area contributed by atoms with Gasteiger partial charge in [-0.3, -0.25) is 4.79 Å². The lowest BCUT2D eigenvalue weighted by molar-refractivity contribution is -0.143. The average molecular weight is 279 g/mol. The van der Waals surface area contributed by atoms with Gasteiger partial charge in [0.25, 0.3) is 0 Å². The number of methoxy groups -OCH3 is 1. The van der Waals surface area contributed by atoms with E-state index in [2.05, 4.69) is 17.4 Å². The molecule has 0 amide bonds. The molecule has 1 N–H and O–H groups in total. The van der Waals surface area contributed by atoms with Crippen molar-refractivity contribution in [3.63, 3.8) is 0 Å². The number of anilines is 1. The van der Waals surface area contributed by atoms with Crippen molar-refractivity contribution in [2.75, 3.05) is 25.6 Å².